The molecule has 2 aromatic rings. The van der Waals surface area contributed by atoms with Crippen LogP contribution in [0.25, 0.3) is 11.0 Å². The Labute approximate surface area is 179 Å². The number of nitrogens with one attached hydrogen (secondary N) is 2. The van der Waals surface area contributed by atoms with Crippen molar-refractivity contribution in [2.24, 2.45) is 29.1 Å². The lowest BCUT2D eigenvalue weighted by molar-refractivity contribution is -0.130. The first-order valence-electron chi connectivity index (χ1n) is 12.1. The van der Waals surface area contributed by atoms with Crippen LogP contribution in [0.5, 0.6) is 0 Å². The monoisotopic (exact) mass is 406 g/mol. The number of hydrogen-bond acceptors (Lipinski definition) is 3. The van der Waals surface area contributed by atoms with Crippen molar-refractivity contribution in [1.82, 2.24) is 15.3 Å². The number of fused-ring (bicyclic) bond motifs is 1. The first-order chi connectivity index (χ1) is 14.6. The molecule has 1 amide bonds. The number of benzene rings is 1. The highest BCUT2D eigenvalue weighted by Crippen LogP contribution is 2.61. The van der Waals surface area contributed by atoms with Gasteiger partial charge in [0, 0.05) is 25.0 Å². The maximum atomic E-state index is 13.1. The van der Waals surface area contributed by atoms with Crippen LogP contribution in [-0.4, -0.2) is 35.0 Å². The highest BCUT2D eigenvalue weighted by atomic mass is 16.2. The molecule has 160 valence electrons. The molecule has 5 aliphatic rings. The number of piperidine rings is 1. The van der Waals surface area contributed by atoms with Crippen molar-refractivity contribution in [2.45, 2.75) is 64.3 Å². The molecular formula is C25H34N4O. The smallest absolute Gasteiger partial charge is 0.223 e. The Kier molecular flexibility index (Phi) is 4.36. The number of amides is 1. The summed E-state index contributed by atoms with van der Waals surface area (Å²) < 4.78 is 0. The molecule has 5 heteroatoms. The van der Waals surface area contributed by atoms with Gasteiger partial charge in [-0.15, -0.1) is 0 Å². The van der Waals surface area contributed by atoms with Crippen LogP contribution in [0.2, 0.25) is 0 Å². The van der Waals surface area contributed by atoms with Crippen molar-refractivity contribution in [2.75, 3.05) is 18.0 Å². The normalized spacial score (nSPS) is 34.4. The van der Waals surface area contributed by atoms with Gasteiger partial charge in [-0.25, -0.2) is 4.98 Å². The number of imidazole rings is 1. The second kappa shape index (κ2) is 7.00. The van der Waals surface area contributed by atoms with Crippen LogP contribution in [0, 0.1) is 29.1 Å². The van der Waals surface area contributed by atoms with Gasteiger partial charge in [-0.1, -0.05) is 12.1 Å². The summed E-state index contributed by atoms with van der Waals surface area (Å²) in [4.78, 5) is 23.6. The third-order valence-corrected chi connectivity index (χ3v) is 8.91. The van der Waals surface area contributed by atoms with Gasteiger partial charge in [0.2, 0.25) is 11.9 Å². The van der Waals surface area contributed by atoms with Gasteiger partial charge >= 0.3 is 0 Å². The topological polar surface area (TPSA) is 61.0 Å². The predicted octanol–water partition coefficient (Wildman–Crippen LogP) is 4.50. The highest BCUT2D eigenvalue weighted by molar-refractivity contribution is 5.80. The van der Waals surface area contributed by atoms with E-state index < -0.39 is 0 Å². The Bertz CT molecular complexity index is 873. The third-order valence-electron chi connectivity index (χ3n) is 8.91. The number of nitrogens with zero attached hydrogens (tertiary/aromatic N) is 2. The van der Waals surface area contributed by atoms with Gasteiger partial charge in [0.1, 0.15) is 0 Å². The summed E-state index contributed by atoms with van der Waals surface area (Å²) in [5, 5.41) is 3.50. The fourth-order valence-electron chi connectivity index (χ4n) is 7.63. The third kappa shape index (κ3) is 3.12. The molecule has 4 saturated carbocycles. The second-order valence-corrected chi connectivity index (χ2v) is 10.8. The van der Waals surface area contributed by atoms with Crippen LogP contribution >= 0.6 is 0 Å². The molecule has 1 saturated heterocycles. The molecular weight excluding hydrogens is 372 g/mol. The quantitative estimate of drug-likeness (QED) is 0.786. The van der Waals surface area contributed by atoms with Crippen molar-refractivity contribution < 1.29 is 4.79 Å². The molecule has 1 aliphatic heterocycles. The van der Waals surface area contributed by atoms with Crippen molar-refractivity contribution in [3.63, 3.8) is 0 Å². The largest absolute Gasteiger partial charge is 0.353 e. The Morgan fingerprint density at radius 2 is 1.73 bits per heavy atom. The summed E-state index contributed by atoms with van der Waals surface area (Å²) in [7, 11) is 0. The summed E-state index contributed by atoms with van der Waals surface area (Å²) >= 11 is 0. The van der Waals surface area contributed by atoms with E-state index in [0.717, 1.165) is 60.7 Å². The van der Waals surface area contributed by atoms with E-state index >= 15 is 0 Å². The van der Waals surface area contributed by atoms with E-state index in [1.54, 1.807) is 0 Å². The van der Waals surface area contributed by atoms with Crippen LogP contribution in [0.4, 0.5) is 5.95 Å². The lowest BCUT2D eigenvalue weighted by atomic mass is 9.48. The first-order valence-corrected chi connectivity index (χ1v) is 12.1. The molecule has 5 fully saturated rings. The number of para-hydroxylation sites is 2. The van der Waals surface area contributed by atoms with Gasteiger partial charge in [0.25, 0.3) is 0 Å². The van der Waals surface area contributed by atoms with Crippen LogP contribution in [-0.2, 0) is 4.79 Å². The van der Waals surface area contributed by atoms with Gasteiger partial charge in [-0.2, -0.15) is 0 Å². The molecule has 0 unspecified atom stereocenters. The average Bonchev–Trinajstić information content (AvgIpc) is 3.17. The number of anilines is 1. The summed E-state index contributed by atoms with van der Waals surface area (Å²) in [6, 6.07) is 8.49. The van der Waals surface area contributed by atoms with E-state index in [9.17, 15) is 4.79 Å². The summed E-state index contributed by atoms with van der Waals surface area (Å²) in [5.41, 5.74) is 2.48. The molecule has 4 bridgehead atoms. The predicted molar refractivity (Wildman–Crippen MR) is 119 cm³/mol. The maximum Gasteiger partial charge on any atom is 0.223 e. The SMILES string of the molecule is C[C@@H](NC(=O)C1CCN(c2nc3ccccc3[nH]2)CC1)C12CC3CC(CC(C3)C1)C2. The van der Waals surface area contributed by atoms with E-state index in [2.05, 4.69) is 28.2 Å². The number of hydrogen-bond donors (Lipinski definition) is 2. The molecule has 2 N–H and O–H groups in total. The van der Waals surface area contributed by atoms with Gasteiger partial charge in [0.15, 0.2) is 0 Å². The summed E-state index contributed by atoms with van der Waals surface area (Å²) in [5.74, 6) is 4.18. The lowest BCUT2D eigenvalue weighted by Gasteiger charge is -2.59. The van der Waals surface area contributed by atoms with Crippen LogP contribution in [0.3, 0.4) is 0 Å². The van der Waals surface area contributed by atoms with E-state index in [4.69, 9.17) is 4.98 Å². The van der Waals surface area contributed by atoms with Gasteiger partial charge in [-0.05, 0) is 93.6 Å². The number of carbonyl (C=O) groups is 1. The van der Waals surface area contributed by atoms with Crippen molar-refractivity contribution in [3.8, 4) is 0 Å². The Balaban J connectivity index is 1.07. The van der Waals surface area contributed by atoms with Crippen LogP contribution in [0.15, 0.2) is 24.3 Å². The molecule has 2 heterocycles. The number of H-pyrrole nitrogens is 1. The van der Waals surface area contributed by atoms with Gasteiger partial charge < -0.3 is 15.2 Å². The van der Waals surface area contributed by atoms with Crippen LogP contribution in [0.1, 0.15) is 58.3 Å². The molecule has 7 rings (SSSR count). The summed E-state index contributed by atoms with van der Waals surface area (Å²) in [6.07, 6.45) is 10.3. The molecule has 0 spiro atoms. The van der Waals surface area contributed by atoms with E-state index in [-0.39, 0.29) is 5.92 Å². The van der Waals surface area contributed by atoms with Gasteiger partial charge in [-0.3, -0.25) is 4.79 Å². The van der Waals surface area contributed by atoms with Gasteiger partial charge in [0.05, 0.1) is 11.0 Å². The second-order valence-electron chi connectivity index (χ2n) is 10.8. The fourth-order valence-corrected chi connectivity index (χ4v) is 7.63. The molecule has 4 aliphatic carbocycles. The first kappa shape index (κ1) is 18.7. The zero-order valence-corrected chi connectivity index (χ0v) is 18.1. The van der Waals surface area contributed by atoms with Crippen molar-refractivity contribution in [3.05, 3.63) is 24.3 Å². The standard InChI is InChI=1S/C25H34N4O/c1-16(25-13-17-10-18(14-25)12-19(11-17)15-25)26-23(30)20-6-8-29(9-7-20)24-27-21-4-2-3-5-22(21)28-24/h2-5,16-20H,6-15H2,1H3,(H,26,30)(H,27,28)/t16-,17?,18?,19?,25?/m1/s1. The molecule has 1 aromatic heterocycles. The fraction of sp³-hybridized carbons (Fsp3) is 0.680. The summed E-state index contributed by atoms with van der Waals surface area (Å²) in [6.45, 7) is 4.09. The molecule has 0 radical (unpaired) electrons. The Morgan fingerprint density at radius 1 is 1.10 bits per heavy atom. The van der Waals surface area contributed by atoms with Crippen LogP contribution < -0.4 is 10.2 Å². The number of aromatic nitrogens is 2. The molecule has 1 aromatic carbocycles. The number of rotatable bonds is 4. The Hall–Kier alpha value is -2.04. The zero-order chi connectivity index (χ0) is 20.3. The zero-order valence-electron chi connectivity index (χ0n) is 18.1. The molecule has 1 atom stereocenters. The minimum absolute atomic E-state index is 0.141. The highest BCUT2D eigenvalue weighted by Gasteiger charge is 2.53. The van der Waals surface area contributed by atoms with E-state index in [0.29, 0.717) is 17.4 Å². The minimum Gasteiger partial charge on any atom is -0.353 e. The average molecular weight is 407 g/mol. The minimum atomic E-state index is 0.141. The van der Waals surface area contributed by atoms with Crippen molar-refractivity contribution >= 4 is 22.9 Å². The number of carbonyl (C=O) groups excluding carboxylic acids is 1. The molecule has 5 nitrogen and oxygen atoms in total. The molecule has 30 heavy (non-hydrogen) atoms. The lowest BCUT2D eigenvalue weighted by Crippen LogP contribution is -2.56. The van der Waals surface area contributed by atoms with Crippen molar-refractivity contribution in [1.29, 1.82) is 0 Å². The van der Waals surface area contributed by atoms with E-state index in [1.807, 2.05) is 18.2 Å². The Morgan fingerprint density at radius 3 is 2.37 bits per heavy atom. The maximum absolute atomic E-state index is 13.1. The number of aromatic amines is 1. The van der Waals surface area contributed by atoms with E-state index in [1.165, 1.54) is 38.5 Å².